The van der Waals surface area contributed by atoms with Crippen LogP contribution in [0.3, 0.4) is 0 Å². The van der Waals surface area contributed by atoms with Crippen LogP contribution in [-0.2, 0) is 6.54 Å². The third-order valence-electron chi connectivity index (χ3n) is 1.64. The van der Waals surface area contributed by atoms with Crippen LogP contribution in [0.15, 0.2) is 11.0 Å². The number of hydrogen-bond acceptors (Lipinski definition) is 6. The van der Waals surface area contributed by atoms with Crippen molar-refractivity contribution < 1.29 is 4.63 Å². The SMILES string of the molecule is CCn1ncnc1-c1nonc1N. The van der Waals surface area contributed by atoms with Gasteiger partial charge < -0.3 is 5.73 Å². The Morgan fingerprint density at radius 1 is 1.54 bits per heavy atom. The number of nitrogens with zero attached hydrogens (tertiary/aromatic N) is 5. The van der Waals surface area contributed by atoms with Gasteiger partial charge in [-0.05, 0) is 17.2 Å². The van der Waals surface area contributed by atoms with Crippen molar-refractivity contribution >= 4 is 5.82 Å². The third kappa shape index (κ3) is 1.13. The average molecular weight is 180 g/mol. The lowest BCUT2D eigenvalue weighted by molar-refractivity contribution is 0.310. The molecular weight excluding hydrogens is 172 g/mol. The van der Waals surface area contributed by atoms with E-state index < -0.39 is 0 Å². The molecule has 0 aliphatic heterocycles. The van der Waals surface area contributed by atoms with Crippen LogP contribution in [-0.4, -0.2) is 25.1 Å². The van der Waals surface area contributed by atoms with Gasteiger partial charge in [0.15, 0.2) is 17.3 Å². The number of aryl methyl sites for hydroxylation is 1. The van der Waals surface area contributed by atoms with Crippen LogP contribution >= 0.6 is 0 Å². The van der Waals surface area contributed by atoms with Gasteiger partial charge in [-0.2, -0.15) is 5.10 Å². The first kappa shape index (κ1) is 7.71. The number of nitrogen functional groups attached to an aromatic ring is 1. The highest BCUT2D eigenvalue weighted by Crippen LogP contribution is 2.18. The summed E-state index contributed by atoms with van der Waals surface area (Å²) in [6, 6.07) is 0. The number of rotatable bonds is 2. The lowest BCUT2D eigenvalue weighted by Crippen LogP contribution is -2.01. The molecule has 0 atom stereocenters. The molecule has 0 aliphatic carbocycles. The van der Waals surface area contributed by atoms with Crippen molar-refractivity contribution in [1.82, 2.24) is 25.1 Å². The summed E-state index contributed by atoms with van der Waals surface area (Å²) in [7, 11) is 0. The maximum absolute atomic E-state index is 5.51. The Hall–Kier alpha value is -1.92. The molecule has 2 N–H and O–H groups in total. The number of anilines is 1. The fraction of sp³-hybridized carbons (Fsp3) is 0.333. The molecule has 0 amide bonds. The molecule has 0 saturated heterocycles. The molecule has 2 heterocycles. The minimum atomic E-state index is 0.225. The summed E-state index contributed by atoms with van der Waals surface area (Å²) in [6.45, 7) is 2.64. The van der Waals surface area contributed by atoms with E-state index in [9.17, 15) is 0 Å². The minimum Gasteiger partial charge on any atom is -0.379 e. The van der Waals surface area contributed by atoms with Crippen molar-refractivity contribution in [2.45, 2.75) is 13.5 Å². The molecule has 0 saturated carbocycles. The highest BCUT2D eigenvalue weighted by atomic mass is 16.6. The van der Waals surface area contributed by atoms with E-state index in [0.717, 1.165) is 0 Å². The second-order valence-electron chi connectivity index (χ2n) is 2.40. The van der Waals surface area contributed by atoms with E-state index in [-0.39, 0.29) is 5.82 Å². The van der Waals surface area contributed by atoms with Crippen molar-refractivity contribution in [2.75, 3.05) is 5.73 Å². The Kier molecular flexibility index (Phi) is 1.69. The van der Waals surface area contributed by atoms with Crippen LogP contribution < -0.4 is 5.73 Å². The summed E-state index contributed by atoms with van der Waals surface area (Å²) < 4.78 is 6.13. The van der Waals surface area contributed by atoms with Gasteiger partial charge in [0, 0.05) is 6.54 Å². The molecule has 2 aromatic rings. The Morgan fingerprint density at radius 3 is 3.00 bits per heavy atom. The standard InChI is InChI=1S/C6H8N6O/c1-2-12-6(8-3-9-12)4-5(7)11-13-10-4/h3H,2H2,1H3,(H2,7,11). The summed E-state index contributed by atoms with van der Waals surface area (Å²) in [5, 5.41) is 11.1. The molecule has 0 aliphatic rings. The highest BCUT2D eigenvalue weighted by molar-refractivity contribution is 5.61. The Labute approximate surface area is 73.5 Å². The number of aromatic nitrogens is 5. The first-order valence-corrected chi connectivity index (χ1v) is 3.79. The molecule has 0 bridgehead atoms. The second kappa shape index (κ2) is 2.85. The quantitative estimate of drug-likeness (QED) is 0.694. The zero-order valence-electron chi connectivity index (χ0n) is 7.01. The van der Waals surface area contributed by atoms with E-state index in [4.69, 9.17) is 5.73 Å². The number of hydrogen-bond donors (Lipinski definition) is 1. The van der Waals surface area contributed by atoms with Crippen molar-refractivity contribution in [3.63, 3.8) is 0 Å². The molecule has 2 rings (SSSR count). The van der Waals surface area contributed by atoms with Gasteiger partial charge >= 0.3 is 0 Å². The molecule has 0 unspecified atom stereocenters. The monoisotopic (exact) mass is 180 g/mol. The molecule has 68 valence electrons. The van der Waals surface area contributed by atoms with E-state index in [0.29, 0.717) is 18.1 Å². The normalized spacial score (nSPS) is 10.5. The molecule has 13 heavy (non-hydrogen) atoms. The summed E-state index contributed by atoms with van der Waals surface area (Å²) >= 11 is 0. The smallest absolute Gasteiger partial charge is 0.199 e. The third-order valence-corrected chi connectivity index (χ3v) is 1.64. The minimum absolute atomic E-state index is 0.225. The Morgan fingerprint density at radius 2 is 2.38 bits per heavy atom. The van der Waals surface area contributed by atoms with Crippen LogP contribution in [0.5, 0.6) is 0 Å². The predicted octanol–water partition coefficient (Wildman–Crippen LogP) is -0.0698. The average Bonchev–Trinajstić information content (AvgIpc) is 2.71. The summed E-state index contributed by atoms with van der Waals surface area (Å²) in [5.74, 6) is 0.795. The van der Waals surface area contributed by atoms with Gasteiger partial charge in [0.1, 0.15) is 6.33 Å². The fourth-order valence-electron chi connectivity index (χ4n) is 1.03. The van der Waals surface area contributed by atoms with E-state index >= 15 is 0 Å². The molecular formula is C6H8N6O. The zero-order valence-corrected chi connectivity index (χ0v) is 7.01. The van der Waals surface area contributed by atoms with Gasteiger partial charge in [-0.1, -0.05) is 0 Å². The van der Waals surface area contributed by atoms with Crippen molar-refractivity contribution in [2.24, 2.45) is 0 Å². The molecule has 0 fully saturated rings. The van der Waals surface area contributed by atoms with Crippen LogP contribution in [0.2, 0.25) is 0 Å². The van der Waals surface area contributed by atoms with Crippen molar-refractivity contribution in [1.29, 1.82) is 0 Å². The first-order chi connectivity index (χ1) is 6.33. The summed E-state index contributed by atoms with van der Waals surface area (Å²) in [6.07, 6.45) is 1.44. The molecule has 0 radical (unpaired) electrons. The largest absolute Gasteiger partial charge is 0.379 e. The van der Waals surface area contributed by atoms with E-state index in [1.165, 1.54) is 6.33 Å². The maximum atomic E-state index is 5.51. The van der Waals surface area contributed by atoms with E-state index in [2.05, 4.69) is 25.0 Å². The lowest BCUT2D eigenvalue weighted by atomic mass is 10.4. The molecule has 7 heteroatoms. The van der Waals surface area contributed by atoms with Gasteiger partial charge in [-0.3, -0.25) is 0 Å². The van der Waals surface area contributed by atoms with Crippen LogP contribution in [0.1, 0.15) is 6.92 Å². The van der Waals surface area contributed by atoms with E-state index in [1.54, 1.807) is 4.68 Å². The van der Waals surface area contributed by atoms with Crippen LogP contribution in [0, 0.1) is 0 Å². The predicted molar refractivity (Wildman–Crippen MR) is 43.4 cm³/mol. The Bertz CT molecular complexity index is 405. The molecule has 7 nitrogen and oxygen atoms in total. The van der Waals surface area contributed by atoms with E-state index in [1.807, 2.05) is 6.92 Å². The van der Waals surface area contributed by atoms with Crippen LogP contribution in [0.4, 0.5) is 5.82 Å². The van der Waals surface area contributed by atoms with Gasteiger partial charge in [0.05, 0.1) is 0 Å². The van der Waals surface area contributed by atoms with Crippen molar-refractivity contribution in [3.8, 4) is 11.5 Å². The van der Waals surface area contributed by atoms with Gasteiger partial charge in [-0.25, -0.2) is 14.3 Å². The lowest BCUT2D eigenvalue weighted by Gasteiger charge is -1.97. The van der Waals surface area contributed by atoms with Gasteiger partial charge in [0.25, 0.3) is 0 Å². The second-order valence-corrected chi connectivity index (χ2v) is 2.40. The molecule has 0 spiro atoms. The maximum Gasteiger partial charge on any atom is 0.199 e. The summed E-state index contributed by atoms with van der Waals surface area (Å²) in [5.41, 5.74) is 5.94. The molecule has 0 aromatic carbocycles. The van der Waals surface area contributed by atoms with Gasteiger partial charge in [-0.15, -0.1) is 0 Å². The van der Waals surface area contributed by atoms with Crippen LogP contribution in [0.25, 0.3) is 11.5 Å². The number of nitrogens with two attached hydrogens (primary N) is 1. The topological polar surface area (TPSA) is 95.6 Å². The van der Waals surface area contributed by atoms with Gasteiger partial charge in [0.2, 0.25) is 0 Å². The summed E-state index contributed by atoms with van der Waals surface area (Å²) in [4.78, 5) is 4.00. The first-order valence-electron chi connectivity index (χ1n) is 3.79. The fourth-order valence-corrected chi connectivity index (χ4v) is 1.03. The Balaban J connectivity index is 2.52. The van der Waals surface area contributed by atoms with Crippen molar-refractivity contribution in [3.05, 3.63) is 6.33 Å². The zero-order chi connectivity index (χ0) is 9.26. The molecule has 2 aromatic heterocycles. The highest BCUT2D eigenvalue weighted by Gasteiger charge is 2.14.